The number of hydrogen-bond acceptors (Lipinski definition) is 7. The Morgan fingerprint density at radius 1 is 1.00 bits per heavy atom. The van der Waals surface area contributed by atoms with Crippen molar-refractivity contribution in [3.63, 3.8) is 0 Å². The number of alkyl halides is 3. The molecule has 31 heavy (non-hydrogen) atoms. The van der Waals surface area contributed by atoms with Gasteiger partial charge >= 0.3 is 18.1 Å². The number of aliphatic hydroxyl groups is 1. The number of carbonyl (C=O) groups excluding carboxylic acids is 2. The minimum atomic E-state index is -5.28. The van der Waals surface area contributed by atoms with Crippen molar-refractivity contribution in [2.75, 3.05) is 13.7 Å². The maximum atomic E-state index is 13.8. The van der Waals surface area contributed by atoms with E-state index in [1.165, 1.54) is 36.4 Å². The second kappa shape index (κ2) is 9.04. The Balaban J connectivity index is 1.85. The average Bonchev–Trinajstić information content (AvgIpc) is 3.05. The van der Waals surface area contributed by atoms with Crippen LogP contribution >= 0.6 is 0 Å². The van der Waals surface area contributed by atoms with Crippen LogP contribution in [0.4, 0.5) is 13.2 Å². The van der Waals surface area contributed by atoms with E-state index in [0.29, 0.717) is 0 Å². The molecule has 1 aliphatic rings. The number of ether oxygens (including phenoxy) is 4. The maximum absolute atomic E-state index is 13.8. The SMILES string of the molecule is CO[C@H]1O[C@H](COC(=O)c2ccccc2)[C@@H](OC(=O)c2ccccc2)[C@]1(O)C(F)(F)F. The van der Waals surface area contributed by atoms with Crippen molar-refractivity contribution in [2.24, 2.45) is 0 Å². The van der Waals surface area contributed by atoms with Gasteiger partial charge in [-0.25, -0.2) is 9.59 Å². The lowest BCUT2D eigenvalue weighted by Gasteiger charge is -2.33. The first-order valence-electron chi connectivity index (χ1n) is 9.14. The summed E-state index contributed by atoms with van der Waals surface area (Å²) in [6.07, 6.45) is -11.4. The third-order valence-corrected chi connectivity index (χ3v) is 4.73. The summed E-state index contributed by atoms with van der Waals surface area (Å²) < 4.78 is 61.3. The lowest BCUT2D eigenvalue weighted by molar-refractivity contribution is -0.325. The predicted molar refractivity (Wildman–Crippen MR) is 99.0 cm³/mol. The summed E-state index contributed by atoms with van der Waals surface area (Å²) in [6, 6.07) is 15.0. The van der Waals surface area contributed by atoms with E-state index < -0.39 is 48.8 Å². The van der Waals surface area contributed by atoms with Crippen molar-refractivity contribution >= 4 is 11.9 Å². The van der Waals surface area contributed by atoms with Crippen molar-refractivity contribution in [2.45, 2.75) is 30.3 Å². The van der Waals surface area contributed by atoms with Crippen molar-refractivity contribution in [3.8, 4) is 0 Å². The van der Waals surface area contributed by atoms with Crippen LogP contribution in [0, 0.1) is 0 Å². The first-order valence-corrected chi connectivity index (χ1v) is 9.14. The normalized spacial score (nSPS) is 25.8. The van der Waals surface area contributed by atoms with Crippen LogP contribution < -0.4 is 0 Å². The number of carbonyl (C=O) groups is 2. The Kier molecular flexibility index (Phi) is 6.63. The van der Waals surface area contributed by atoms with Gasteiger partial charge in [-0.2, -0.15) is 13.2 Å². The predicted octanol–water partition coefficient (Wildman–Crippen LogP) is 2.73. The van der Waals surface area contributed by atoms with Gasteiger partial charge in [-0.1, -0.05) is 36.4 Å². The highest BCUT2D eigenvalue weighted by atomic mass is 19.4. The van der Waals surface area contributed by atoms with Gasteiger partial charge in [0, 0.05) is 7.11 Å². The molecule has 1 aliphatic heterocycles. The highest BCUT2D eigenvalue weighted by Crippen LogP contribution is 2.45. The number of esters is 2. The molecule has 0 aromatic heterocycles. The molecule has 4 atom stereocenters. The molecule has 0 spiro atoms. The lowest BCUT2D eigenvalue weighted by atomic mass is 9.94. The fourth-order valence-electron chi connectivity index (χ4n) is 3.15. The number of methoxy groups -OCH3 is 1. The molecule has 3 rings (SSSR count). The summed E-state index contributed by atoms with van der Waals surface area (Å²) in [5, 5.41) is 10.5. The van der Waals surface area contributed by atoms with Crippen LogP contribution in [0.15, 0.2) is 60.7 Å². The zero-order valence-electron chi connectivity index (χ0n) is 16.2. The minimum Gasteiger partial charge on any atom is -0.459 e. The van der Waals surface area contributed by atoms with E-state index in [0.717, 1.165) is 7.11 Å². The molecular formula is C21H19F3O7. The maximum Gasteiger partial charge on any atom is 0.426 e. The summed E-state index contributed by atoms with van der Waals surface area (Å²) in [5.74, 6) is -1.94. The lowest BCUT2D eigenvalue weighted by Crippen LogP contribution is -2.61. The quantitative estimate of drug-likeness (QED) is 0.691. The molecule has 1 N–H and O–H groups in total. The number of rotatable bonds is 6. The standard InChI is InChI=1S/C21H19F3O7/c1-28-19-20(27,21(22,23)24)16(31-18(26)14-10-6-3-7-11-14)15(30-19)12-29-17(25)13-8-4-2-5-9-13/h2-11,15-16,19,27H,12H2,1H3/t15-,16-,19+,20-/m1/s1. The van der Waals surface area contributed by atoms with Crippen LogP contribution in [0.25, 0.3) is 0 Å². The molecule has 1 fully saturated rings. The Morgan fingerprint density at radius 2 is 1.52 bits per heavy atom. The fourth-order valence-corrected chi connectivity index (χ4v) is 3.15. The molecule has 0 amide bonds. The molecule has 0 radical (unpaired) electrons. The highest BCUT2D eigenvalue weighted by Gasteiger charge is 2.72. The minimum absolute atomic E-state index is 0.0343. The molecule has 0 bridgehead atoms. The van der Waals surface area contributed by atoms with E-state index in [-0.39, 0.29) is 11.1 Å². The van der Waals surface area contributed by atoms with Crippen molar-refractivity contribution in [1.82, 2.24) is 0 Å². The third-order valence-electron chi connectivity index (χ3n) is 4.73. The van der Waals surface area contributed by atoms with Crippen LogP contribution in [-0.2, 0) is 18.9 Å². The van der Waals surface area contributed by atoms with E-state index in [1.54, 1.807) is 24.3 Å². The summed E-state index contributed by atoms with van der Waals surface area (Å²) >= 11 is 0. The largest absolute Gasteiger partial charge is 0.459 e. The molecule has 2 aromatic carbocycles. The van der Waals surface area contributed by atoms with Gasteiger partial charge in [0.2, 0.25) is 0 Å². The van der Waals surface area contributed by atoms with Gasteiger partial charge in [0.05, 0.1) is 11.1 Å². The van der Waals surface area contributed by atoms with E-state index in [4.69, 9.17) is 14.2 Å². The molecule has 0 aliphatic carbocycles. The van der Waals surface area contributed by atoms with Crippen molar-refractivity contribution < 1.29 is 46.8 Å². The molecule has 1 heterocycles. The Labute approximate surface area is 175 Å². The van der Waals surface area contributed by atoms with E-state index >= 15 is 0 Å². The monoisotopic (exact) mass is 440 g/mol. The first-order chi connectivity index (χ1) is 14.7. The van der Waals surface area contributed by atoms with Gasteiger partial charge in [-0.15, -0.1) is 0 Å². The number of benzene rings is 2. The van der Waals surface area contributed by atoms with Crippen molar-refractivity contribution in [1.29, 1.82) is 0 Å². The molecular weight excluding hydrogens is 421 g/mol. The zero-order valence-corrected chi connectivity index (χ0v) is 16.2. The van der Waals surface area contributed by atoms with Gasteiger partial charge in [0.1, 0.15) is 12.7 Å². The topological polar surface area (TPSA) is 91.3 Å². The Morgan fingerprint density at radius 3 is 2.00 bits per heavy atom. The van der Waals surface area contributed by atoms with Gasteiger partial charge in [0.25, 0.3) is 5.60 Å². The molecule has 2 aromatic rings. The first kappa shape index (κ1) is 22.7. The smallest absolute Gasteiger partial charge is 0.426 e. The second-order valence-corrected chi connectivity index (χ2v) is 6.72. The van der Waals surface area contributed by atoms with E-state index in [2.05, 4.69) is 4.74 Å². The van der Waals surface area contributed by atoms with Crippen LogP contribution in [-0.4, -0.2) is 61.0 Å². The number of hydrogen-bond donors (Lipinski definition) is 1. The van der Waals surface area contributed by atoms with Crippen LogP contribution in [0.1, 0.15) is 20.7 Å². The molecule has 0 saturated carbocycles. The molecule has 0 unspecified atom stereocenters. The summed E-state index contributed by atoms with van der Waals surface area (Å²) in [5.41, 5.74) is -3.56. The zero-order chi connectivity index (χ0) is 22.6. The van der Waals surface area contributed by atoms with Crippen LogP contribution in [0.2, 0.25) is 0 Å². The summed E-state index contributed by atoms with van der Waals surface area (Å²) in [7, 11) is 0.899. The molecule has 7 nitrogen and oxygen atoms in total. The van der Waals surface area contributed by atoms with E-state index in [9.17, 15) is 27.9 Å². The van der Waals surface area contributed by atoms with Gasteiger partial charge in [-0.05, 0) is 24.3 Å². The average molecular weight is 440 g/mol. The molecule has 1 saturated heterocycles. The fraction of sp³-hybridized carbons (Fsp3) is 0.333. The van der Waals surface area contributed by atoms with Gasteiger partial charge < -0.3 is 24.1 Å². The van der Waals surface area contributed by atoms with Gasteiger partial charge in [0.15, 0.2) is 12.4 Å². The van der Waals surface area contributed by atoms with Crippen LogP contribution in [0.5, 0.6) is 0 Å². The molecule has 10 heteroatoms. The second-order valence-electron chi connectivity index (χ2n) is 6.72. The molecule has 166 valence electrons. The van der Waals surface area contributed by atoms with E-state index in [1.807, 2.05) is 0 Å². The Hall–Kier alpha value is -2.95. The van der Waals surface area contributed by atoms with Crippen molar-refractivity contribution in [3.05, 3.63) is 71.8 Å². The van der Waals surface area contributed by atoms with Gasteiger partial charge in [-0.3, -0.25) is 0 Å². The Bertz CT molecular complexity index is 904. The van der Waals surface area contributed by atoms with Crippen LogP contribution in [0.3, 0.4) is 0 Å². The highest BCUT2D eigenvalue weighted by molar-refractivity contribution is 5.90. The summed E-state index contributed by atoms with van der Waals surface area (Å²) in [6.45, 7) is -0.723. The summed E-state index contributed by atoms with van der Waals surface area (Å²) in [4.78, 5) is 24.6. The third kappa shape index (κ3) is 4.55. The number of halogens is 3.